The van der Waals surface area contributed by atoms with E-state index in [-0.39, 0.29) is 30.9 Å². The second-order valence-electron chi connectivity index (χ2n) is 7.08. The van der Waals surface area contributed by atoms with Crippen LogP contribution < -0.4 is 10.6 Å². The average Bonchev–Trinajstić information content (AvgIpc) is 3.21. The number of nitrogens with zero attached hydrogens (tertiary/aromatic N) is 2. The summed E-state index contributed by atoms with van der Waals surface area (Å²) < 4.78 is 0. The highest BCUT2D eigenvalue weighted by Crippen LogP contribution is 2.26. The lowest BCUT2D eigenvalue weighted by Crippen LogP contribution is -2.47. The molecule has 4 rings (SSSR count). The zero-order chi connectivity index (χ0) is 16.5. The van der Waals surface area contributed by atoms with Gasteiger partial charge in [0.25, 0.3) is 0 Å². The molecule has 3 amide bonds. The number of hydrogen-bond acceptors (Lipinski definition) is 3. The number of hydrogen-bond donors (Lipinski definition) is 2. The Hall–Kier alpha value is -1.79. The summed E-state index contributed by atoms with van der Waals surface area (Å²) in [5.41, 5.74) is 2.51. The Labute approximate surface area is 154 Å². The summed E-state index contributed by atoms with van der Waals surface area (Å²) in [5.74, 6) is 1.21. The molecule has 0 aliphatic carbocycles. The lowest BCUT2D eigenvalue weighted by molar-refractivity contribution is -0.129. The van der Waals surface area contributed by atoms with Gasteiger partial charge in [-0.15, -0.1) is 12.4 Å². The van der Waals surface area contributed by atoms with E-state index >= 15 is 0 Å². The maximum absolute atomic E-state index is 12.4. The topological polar surface area (TPSA) is 64.7 Å². The third-order valence-electron chi connectivity index (χ3n) is 5.55. The zero-order valence-corrected chi connectivity index (χ0v) is 15.1. The molecule has 25 heavy (non-hydrogen) atoms. The zero-order valence-electron chi connectivity index (χ0n) is 14.2. The van der Waals surface area contributed by atoms with Crippen molar-refractivity contribution in [3.63, 3.8) is 0 Å². The molecule has 6 nitrogen and oxygen atoms in total. The van der Waals surface area contributed by atoms with Gasteiger partial charge in [0, 0.05) is 39.3 Å². The third kappa shape index (κ3) is 3.75. The van der Waals surface area contributed by atoms with Crippen LogP contribution >= 0.6 is 12.4 Å². The third-order valence-corrected chi connectivity index (χ3v) is 5.55. The van der Waals surface area contributed by atoms with Gasteiger partial charge in [-0.25, -0.2) is 4.79 Å². The fourth-order valence-electron chi connectivity index (χ4n) is 4.10. The smallest absolute Gasteiger partial charge is 0.318 e. The largest absolute Gasteiger partial charge is 0.340 e. The summed E-state index contributed by atoms with van der Waals surface area (Å²) in [4.78, 5) is 28.4. The summed E-state index contributed by atoms with van der Waals surface area (Å²) in [6.45, 7) is 5.09. The number of carbonyl (C=O) groups excluding carboxylic acids is 2. The van der Waals surface area contributed by atoms with Crippen LogP contribution in [-0.4, -0.2) is 61.0 Å². The molecule has 0 bridgehead atoms. The first kappa shape index (κ1) is 18.0. The molecule has 3 aliphatic rings. The highest BCUT2D eigenvalue weighted by molar-refractivity contribution is 5.85. The van der Waals surface area contributed by atoms with Gasteiger partial charge in [-0.05, 0) is 29.4 Å². The van der Waals surface area contributed by atoms with Crippen LogP contribution in [0.15, 0.2) is 24.3 Å². The predicted molar refractivity (Wildman–Crippen MR) is 97.6 cm³/mol. The molecule has 3 aliphatic heterocycles. The van der Waals surface area contributed by atoms with Gasteiger partial charge < -0.3 is 20.4 Å². The molecule has 0 radical (unpaired) electrons. The van der Waals surface area contributed by atoms with Crippen molar-refractivity contribution in [1.82, 2.24) is 20.4 Å². The van der Waals surface area contributed by atoms with E-state index in [0.29, 0.717) is 24.9 Å². The van der Waals surface area contributed by atoms with Crippen LogP contribution in [0.3, 0.4) is 0 Å². The minimum absolute atomic E-state index is 0. The van der Waals surface area contributed by atoms with Crippen LogP contribution in [0.25, 0.3) is 0 Å². The number of halogens is 1. The maximum atomic E-state index is 12.4. The molecule has 7 heteroatoms. The first-order chi connectivity index (χ1) is 11.7. The van der Waals surface area contributed by atoms with Crippen molar-refractivity contribution in [2.45, 2.75) is 13.0 Å². The van der Waals surface area contributed by atoms with E-state index in [1.54, 1.807) is 4.90 Å². The van der Waals surface area contributed by atoms with E-state index in [2.05, 4.69) is 22.8 Å². The highest BCUT2D eigenvalue weighted by Gasteiger charge is 2.38. The number of rotatable bonds is 2. The van der Waals surface area contributed by atoms with E-state index in [1.807, 2.05) is 17.0 Å². The van der Waals surface area contributed by atoms with Gasteiger partial charge in [-0.3, -0.25) is 4.79 Å². The summed E-state index contributed by atoms with van der Waals surface area (Å²) in [6, 6.07) is 8.08. The standard InChI is InChI=1S/C18H24N4O2.ClH/c23-17(22-11-15-7-19-8-16(15)12-22)9-20-18(24)21-6-5-13-3-1-2-4-14(13)10-21;/h1-4,15-16,19H,5-12H2,(H,20,24);1H/t15-,16+;. The number of urea groups is 1. The number of amides is 3. The molecule has 2 atom stereocenters. The molecular formula is C18H25ClN4O2. The van der Waals surface area contributed by atoms with Gasteiger partial charge >= 0.3 is 6.03 Å². The van der Waals surface area contributed by atoms with Crippen molar-refractivity contribution in [3.8, 4) is 0 Å². The molecule has 2 N–H and O–H groups in total. The van der Waals surface area contributed by atoms with E-state index in [9.17, 15) is 9.59 Å². The summed E-state index contributed by atoms with van der Waals surface area (Å²) in [6.07, 6.45) is 0.875. The molecule has 1 aromatic rings. The Balaban J connectivity index is 0.00000182. The first-order valence-electron chi connectivity index (χ1n) is 8.79. The monoisotopic (exact) mass is 364 g/mol. The number of nitrogens with one attached hydrogen (secondary N) is 2. The fraction of sp³-hybridized carbons (Fsp3) is 0.556. The van der Waals surface area contributed by atoms with E-state index in [0.717, 1.165) is 32.6 Å². The van der Waals surface area contributed by atoms with Crippen molar-refractivity contribution < 1.29 is 9.59 Å². The first-order valence-corrected chi connectivity index (χ1v) is 8.79. The Kier molecular flexibility index (Phi) is 5.49. The Morgan fingerprint density at radius 1 is 1.08 bits per heavy atom. The summed E-state index contributed by atoms with van der Waals surface area (Å²) in [5, 5.41) is 6.18. The van der Waals surface area contributed by atoms with Gasteiger partial charge in [0.05, 0.1) is 6.54 Å². The van der Waals surface area contributed by atoms with Gasteiger partial charge in [0.1, 0.15) is 0 Å². The molecule has 0 saturated carbocycles. The van der Waals surface area contributed by atoms with E-state index in [1.165, 1.54) is 11.1 Å². The van der Waals surface area contributed by atoms with Crippen molar-refractivity contribution in [2.24, 2.45) is 11.8 Å². The second kappa shape index (κ2) is 7.62. The lowest BCUT2D eigenvalue weighted by atomic mass is 10.0. The van der Waals surface area contributed by atoms with Crippen molar-refractivity contribution >= 4 is 24.3 Å². The molecule has 136 valence electrons. The van der Waals surface area contributed by atoms with E-state index in [4.69, 9.17) is 0 Å². The summed E-state index contributed by atoms with van der Waals surface area (Å²) >= 11 is 0. The number of likely N-dealkylation sites (tertiary alicyclic amines) is 1. The van der Waals surface area contributed by atoms with Crippen LogP contribution in [0.5, 0.6) is 0 Å². The van der Waals surface area contributed by atoms with Crippen LogP contribution in [0.2, 0.25) is 0 Å². The predicted octanol–water partition coefficient (Wildman–Crippen LogP) is 0.854. The highest BCUT2D eigenvalue weighted by atomic mass is 35.5. The number of carbonyl (C=O) groups is 2. The number of fused-ring (bicyclic) bond motifs is 2. The molecule has 0 unspecified atom stereocenters. The Bertz CT molecular complexity index is 642. The van der Waals surface area contributed by atoms with Crippen molar-refractivity contribution in [1.29, 1.82) is 0 Å². The fourth-order valence-corrected chi connectivity index (χ4v) is 4.10. The Morgan fingerprint density at radius 2 is 1.76 bits per heavy atom. The minimum atomic E-state index is -0.140. The summed E-state index contributed by atoms with van der Waals surface area (Å²) in [7, 11) is 0. The van der Waals surface area contributed by atoms with Crippen molar-refractivity contribution in [2.75, 3.05) is 39.3 Å². The average molecular weight is 365 g/mol. The molecular weight excluding hydrogens is 340 g/mol. The molecule has 0 spiro atoms. The molecule has 2 saturated heterocycles. The maximum Gasteiger partial charge on any atom is 0.318 e. The van der Waals surface area contributed by atoms with Gasteiger partial charge in [0.15, 0.2) is 0 Å². The second-order valence-corrected chi connectivity index (χ2v) is 7.08. The van der Waals surface area contributed by atoms with Gasteiger partial charge in [0.2, 0.25) is 5.91 Å². The molecule has 3 heterocycles. The van der Waals surface area contributed by atoms with E-state index < -0.39 is 0 Å². The molecule has 2 fully saturated rings. The lowest BCUT2D eigenvalue weighted by Gasteiger charge is -2.29. The SMILES string of the molecule is Cl.O=C(CNC(=O)N1CCc2ccccc2C1)N1C[C@H]2CNC[C@H]2C1. The molecule has 0 aromatic heterocycles. The van der Waals surface area contributed by atoms with Crippen LogP contribution in [0.4, 0.5) is 4.79 Å². The van der Waals surface area contributed by atoms with Gasteiger partial charge in [-0.1, -0.05) is 24.3 Å². The van der Waals surface area contributed by atoms with Crippen LogP contribution in [0.1, 0.15) is 11.1 Å². The van der Waals surface area contributed by atoms with Crippen LogP contribution in [-0.2, 0) is 17.8 Å². The quantitative estimate of drug-likeness (QED) is 0.818. The normalized spacial score (nSPS) is 24.3. The Morgan fingerprint density at radius 3 is 2.48 bits per heavy atom. The van der Waals surface area contributed by atoms with Crippen molar-refractivity contribution in [3.05, 3.63) is 35.4 Å². The minimum Gasteiger partial charge on any atom is -0.340 e. The van der Waals surface area contributed by atoms with Crippen LogP contribution in [0, 0.1) is 11.8 Å². The van der Waals surface area contributed by atoms with Gasteiger partial charge in [-0.2, -0.15) is 0 Å². The molecule has 1 aromatic carbocycles. The number of benzene rings is 1.